The molecular weight excluding hydrogens is 300 g/mol. The molecule has 2 N–H and O–H groups in total. The molecule has 0 fully saturated rings. The molecule has 0 bridgehead atoms. The first-order valence-electron chi connectivity index (χ1n) is 7.06. The summed E-state index contributed by atoms with van der Waals surface area (Å²) in [5.74, 6) is -0.158. The van der Waals surface area contributed by atoms with Crippen LogP contribution >= 0.6 is 11.8 Å². The van der Waals surface area contributed by atoms with Crippen LogP contribution in [0.2, 0.25) is 0 Å². The first-order valence-corrected chi connectivity index (χ1v) is 8.05. The molecule has 1 heterocycles. The third kappa shape index (κ3) is 4.70. The molecule has 0 saturated heterocycles. The maximum atomic E-state index is 11.8. The number of hydrogen-bond donors (Lipinski definition) is 2. The third-order valence-corrected chi connectivity index (χ3v) is 3.87. The van der Waals surface area contributed by atoms with Gasteiger partial charge in [0.05, 0.1) is 17.8 Å². The van der Waals surface area contributed by atoms with Crippen LogP contribution in [0.25, 0.3) is 10.9 Å². The first kappa shape index (κ1) is 16.2. The van der Waals surface area contributed by atoms with Crippen LogP contribution in [0.5, 0.6) is 0 Å². The zero-order chi connectivity index (χ0) is 15.8. The van der Waals surface area contributed by atoms with E-state index < -0.39 is 0 Å². The van der Waals surface area contributed by atoms with Gasteiger partial charge < -0.3 is 10.6 Å². The van der Waals surface area contributed by atoms with Gasteiger partial charge in [-0.15, -0.1) is 0 Å². The summed E-state index contributed by atoms with van der Waals surface area (Å²) in [6.45, 7) is 2.60. The molecule has 7 heteroatoms. The lowest BCUT2D eigenvalue weighted by Crippen LogP contribution is -2.37. The number of aromatic nitrogens is 2. The van der Waals surface area contributed by atoms with Crippen molar-refractivity contribution in [3.63, 3.8) is 0 Å². The van der Waals surface area contributed by atoms with Gasteiger partial charge in [-0.25, -0.2) is 9.97 Å². The van der Waals surface area contributed by atoms with E-state index in [1.807, 2.05) is 31.2 Å². The van der Waals surface area contributed by atoms with Gasteiger partial charge in [0.2, 0.25) is 11.8 Å². The van der Waals surface area contributed by atoms with Crippen LogP contribution in [0.4, 0.5) is 0 Å². The molecule has 0 aliphatic rings. The minimum atomic E-state index is -0.195. The Labute approximate surface area is 133 Å². The monoisotopic (exact) mass is 318 g/mol. The lowest BCUT2D eigenvalue weighted by Gasteiger charge is -2.06. The fraction of sp³-hybridized carbons (Fsp3) is 0.333. The summed E-state index contributed by atoms with van der Waals surface area (Å²) in [4.78, 5) is 31.6. The summed E-state index contributed by atoms with van der Waals surface area (Å²) >= 11 is 1.33. The molecule has 0 radical (unpaired) electrons. The van der Waals surface area contributed by atoms with Crippen LogP contribution in [-0.2, 0) is 9.59 Å². The first-order chi connectivity index (χ1) is 10.7. The molecule has 6 nitrogen and oxygen atoms in total. The van der Waals surface area contributed by atoms with Crippen LogP contribution in [0, 0.1) is 0 Å². The van der Waals surface area contributed by atoms with Gasteiger partial charge in [0.1, 0.15) is 11.4 Å². The lowest BCUT2D eigenvalue weighted by molar-refractivity contribution is -0.124. The van der Waals surface area contributed by atoms with Crippen molar-refractivity contribution < 1.29 is 9.59 Å². The number of carbonyl (C=O) groups excluding carboxylic acids is 2. The van der Waals surface area contributed by atoms with Crippen LogP contribution in [0.15, 0.2) is 35.6 Å². The van der Waals surface area contributed by atoms with Crippen molar-refractivity contribution in [2.24, 2.45) is 0 Å². The second-order valence-electron chi connectivity index (χ2n) is 4.61. The molecule has 0 saturated carbocycles. The van der Waals surface area contributed by atoms with Gasteiger partial charge >= 0.3 is 0 Å². The number of nitrogens with zero attached hydrogens (tertiary/aromatic N) is 2. The van der Waals surface area contributed by atoms with Crippen molar-refractivity contribution >= 4 is 34.5 Å². The van der Waals surface area contributed by atoms with E-state index >= 15 is 0 Å². The summed E-state index contributed by atoms with van der Waals surface area (Å²) < 4.78 is 0. The standard InChI is InChI=1S/C15H18N4O2S/c1-2-7-16-13(20)8-17-14(21)9-22-15-11-5-3-4-6-12(11)18-10-19-15/h3-6,10H,2,7-9H2,1H3,(H,16,20)(H,17,21). The summed E-state index contributed by atoms with van der Waals surface area (Å²) in [6, 6.07) is 7.65. The second-order valence-corrected chi connectivity index (χ2v) is 5.58. The molecule has 0 unspecified atom stereocenters. The Morgan fingerprint density at radius 2 is 1.95 bits per heavy atom. The van der Waals surface area contributed by atoms with Crippen molar-refractivity contribution in [2.75, 3.05) is 18.8 Å². The minimum Gasteiger partial charge on any atom is -0.355 e. The Kier molecular flexibility index (Phi) is 6.14. The quantitative estimate of drug-likeness (QED) is 0.595. The number of benzene rings is 1. The Balaban J connectivity index is 1.84. The molecular formula is C15H18N4O2S. The molecule has 2 rings (SSSR count). The zero-order valence-corrected chi connectivity index (χ0v) is 13.2. The summed E-state index contributed by atoms with van der Waals surface area (Å²) in [5, 5.41) is 6.98. The van der Waals surface area contributed by atoms with E-state index in [4.69, 9.17) is 0 Å². The van der Waals surface area contributed by atoms with E-state index in [0.717, 1.165) is 22.3 Å². The van der Waals surface area contributed by atoms with Crippen LogP contribution in [-0.4, -0.2) is 40.6 Å². The summed E-state index contributed by atoms with van der Waals surface area (Å²) in [7, 11) is 0. The number of rotatable bonds is 7. The molecule has 2 amide bonds. The van der Waals surface area contributed by atoms with Gasteiger partial charge in [-0.1, -0.05) is 36.9 Å². The highest BCUT2D eigenvalue weighted by Gasteiger charge is 2.08. The van der Waals surface area contributed by atoms with Gasteiger partial charge in [-0.2, -0.15) is 0 Å². The van der Waals surface area contributed by atoms with E-state index in [0.29, 0.717) is 6.54 Å². The highest BCUT2D eigenvalue weighted by Crippen LogP contribution is 2.23. The van der Waals surface area contributed by atoms with Crippen LogP contribution in [0.1, 0.15) is 13.3 Å². The zero-order valence-electron chi connectivity index (χ0n) is 12.3. The number of para-hydroxylation sites is 1. The predicted octanol–water partition coefficient (Wildman–Crippen LogP) is 1.36. The fourth-order valence-electron chi connectivity index (χ4n) is 1.79. The van der Waals surface area contributed by atoms with Gasteiger partial charge in [0, 0.05) is 11.9 Å². The highest BCUT2D eigenvalue weighted by atomic mass is 32.2. The Morgan fingerprint density at radius 3 is 2.77 bits per heavy atom. The van der Waals surface area contributed by atoms with Crippen molar-refractivity contribution in [3.8, 4) is 0 Å². The van der Waals surface area contributed by atoms with Gasteiger partial charge in [-0.05, 0) is 12.5 Å². The molecule has 22 heavy (non-hydrogen) atoms. The van der Waals surface area contributed by atoms with Crippen LogP contribution < -0.4 is 10.6 Å². The van der Waals surface area contributed by atoms with Crippen molar-refractivity contribution in [2.45, 2.75) is 18.4 Å². The highest BCUT2D eigenvalue weighted by molar-refractivity contribution is 8.00. The van der Waals surface area contributed by atoms with E-state index in [-0.39, 0.29) is 24.1 Å². The van der Waals surface area contributed by atoms with E-state index in [1.54, 1.807) is 0 Å². The van der Waals surface area contributed by atoms with E-state index in [2.05, 4.69) is 20.6 Å². The number of thioether (sulfide) groups is 1. The summed E-state index contributed by atoms with van der Waals surface area (Å²) in [6.07, 6.45) is 2.36. The molecule has 1 aromatic heterocycles. The number of carbonyl (C=O) groups is 2. The Hall–Kier alpha value is -2.15. The molecule has 1 aromatic carbocycles. The predicted molar refractivity (Wildman–Crippen MR) is 86.6 cm³/mol. The van der Waals surface area contributed by atoms with Gasteiger partial charge in [0.25, 0.3) is 0 Å². The minimum absolute atomic E-state index is 0.00388. The number of nitrogens with one attached hydrogen (secondary N) is 2. The van der Waals surface area contributed by atoms with Crippen molar-refractivity contribution in [1.82, 2.24) is 20.6 Å². The average Bonchev–Trinajstić information content (AvgIpc) is 2.56. The number of fused-ring (bicyclic) bond motifs is 1. The number of amides is 2. The number of hydrogen-bond acceptors (Lipinski definition) is 5. The normalized spacial score (nSPS) is 10.4. The van der Waals surface area contributed by atoms with Crippen molar-refractivity contribution in [3.05, 3.63) is 30.6 Å². The molecule has 0 atom stereocenters. The maximum absolute atomic E-state index is 11.8. The van der Waals surface area contributed by atoms with E-state index in [9.17, 15) is 9.59 Å². The molecule has 2 aromatic rings. The molecule has 0 spiro atoms. The summed E-state index contributed by atoms with van der Waals surface area (Å²) in [5.41, 5.74) is 0.847. The SMILES string of the molecule is CCCNC(=O)CNC(=O)CSc1ncnc2ccccc12. The topological polar surface area (TPSA) is 84.0 Å². The maximum Gasteiger partial charge on any atom is 0.239 e. The smallest absolute Gasteiger partial charge is 0.239 e. The fourth-order valence-corrected chi connectivity index (χ4v) is 2.61. The van der Waals surface area contributed by atoms with E-state index in [1.165, 1.54) is 18.1 Å². The lowest BCUT2D eigenvalue weighted by atomic mass is 10.2. The second kappa shape index (κ2) is 8.33. The Bertz CT molecular complexity index is 658. The average molecular weight is 318 g/mol. The largest absolute Gasteiger partial charge is 0.355 e. The van der Waals surface area contributed by atoms with Gasteiger partial charge in [0.15, 0.2) is 0 Å². The molecule has 0 aliphatic carbocycles. The van der Waals surface area contributed by atoms with Crippen LogP contribution in [0.3, 0.4) is 0 Å². The molecule has 116 valence electrons. The third-order valence-electron chi connectivity index (χ3n) is 2.86. The van der Waals surface area contributed by atoms with Crippen molar-refractivity contribution in [1.29, 1.82) is 0 Å². The van der Waals surface area contributed by atoms with Gasteiger partial charge in [-0.3, -0.25) is 9.59 Å². The molecule has 0 aliphatic heterocycles. The Morgan fingerprint density at radius 1 is 1.14 bits per heavy atom.